The van der Waals surface area contributed by atoms with Crippen molar-refractivity contribution in [1.29, 1.82) is 0 Å². The topological polar surface area (TPSA) is 85.0 Å². The van der Waals surface area contributed by atoms with Crippen LogP contribution in [0, 0.1) is 0 Å². The molecule has 150 valence electrons. The second kappa shape index (κ2) is 9.91. The monoisotopic (exact) mass is 386 g/mol. The lowest BCUT2D eigenvalue weighted by atomic mass is 10.2. The van der Waals surface area contributed by atoms with Crippen LogP contribution >= 0.6 is 0 Å². The van der Waals surface area contributed by atoms with Gasteiger partial charge in [0, 0.05) is 38.4 Å². The summed E-state index contributed by atoms with van der Waals surface area (Å²) >= 11 is 0. The first kappa shape index (κ1) is 19.9. The summed E-state index contributed by atoms with van der Waals surface area (Å²) in [6.45, 7) is 4.74. The smallest absolute Gasteiger partial charge is 0.252 e. The molecule has 0 aliphatic carbocycles. The highest BCUT2D eigenvalue weighted by molar-refractivity contribution is 5.94. The third-order valence-corrected chi connectivity index (χ3v) is 4.51. The van der Waals surface area contributed by atoms with Crippen molar-refractivity contribution in [2.45, 2.75) is 0 Å². The van der Waals surface area contributed by atoms with E-state index in [1.54, 1.807) is 32.5 Å². The van der Waals surface area contributed by atoms with E-state index in [9.17, 15) is 4.79 Å². The summed E-state index contributed by atoms with van der Waals surface area (Å²) in [6, 6.07) is 8.97. The van der Waals surface area contributed by atoms with Gasteiger partial charge in [-0.1, -0.05) is 0 Å². The van der Waals surface area contributed by atoms with Crippen molar-refractivity contribution < 1.29 is 19.0 Å². The minimum Gasteiger partial charge on any atom is -0.497 e. The normalized spacial score (nSPS) is 14.4. The quantitative estimate of drug-likeness (QED) is 0.717. The highest BCUT2D eigenvalue weighted by Crippen LogP contribution is 2.30. The largest absolute Gasteiger partial charge is 0.497 e. The zero-order chi connectivity index (χ0) is 19.8. The first-order valence-corrected chi connectivity index (χ1v) is 9.23. The van der Waals surface area contributed by atoms with Crippen LogP contribution in [0.3, 0.4) is 0 Å². The van der Waals surface area contributed by atoms with Crippen molar-refractivity contribution in [2.75, 3.05) is 58.9 Å². The maximum absolute atomic E-state index is 12.3. The Hall–Kier alpha value is -2.84. The maximum atomic E-state index is 12.3. The number of rotatable bonds is 8. The number of amides is 1. The molecule has 1 fully saturated rings. The molecule has 1 aliphatic rings. The summed E-state index contributed by atoms with van der Waals surface area (Å²) in [6.07, 6.45) is 1.55. The predicted molar refractivity (Wildman–Crippen MR) is 107 cm³/mol. The molecule has 8 nitrogen and oxygen atoms in total. The van der Waals surface area contributed by atoms with Crippen LogP contribution < -0.4 is 20.1 Å². The maximum Gasteiger partial charge on any atom is 0.252 e. The average Bonchev–Trinajstić information content (AvgIpc) is 2.75. The molecule has 0 atom stereocenters. The SMILES string of the molecule is COc1ccc(OC)c(Nc2ccc(C(=O)NCCN3CCOCC3)cn2)c1. The summed E-state index contributed by atoms with van der Waals surface area (Å²) in [5.74, 6) is 1.86. The Balaban J connectivity index is 1.55. The molecule has 0 radical (unpaired) electrons. The van der Waals surface area contributed by atoms with E-state index in [2.05, 4.69) is 20.5 Å². The number of morpholine rings is 1. The predicted octanol–water partition coefficient (Wildman–Crippen LogP) is 1.90. The van der Waals surface area contributed by atoms with Crippen LogP contribution in [-0.2, 0) is 4.74 Å². The second-order valence-electron chi connectivity index (χ2n) is 6.33. The molecule has 1 amide bonds. The van der Waals surface area contributed by atoms with Crippen LogP contribution in [0.5, 0.6) is 11.5 Å². The first-order chi connectivity index (χ1) is 13.7. The van der Waals surface area contributed by atoms with E-state index in [1.165, 1.54) is 0 Å². The molecule has 1 aromatic carbocycles. The minimum absolute atomic E-state index is 0.133. The summed E-state index contributed by atoms with van der Waals surface area (Å²) in [5.41, 5.74) is 1.25. The fraction of sp³-hybridized carbons (Fsp3) is 0.400. The lowest BCUT2D eigenvalue weighted by Gasteiger charge is -2.26. The van der Waals surface area contributed by atoms with Gasteiger partial charge in [-0.15, -0.1) is 0 Å². The van der Waals surface area contributed by atoms with Gasteiger partial charge in [-0.25, -0.2) is 4.98 Å². The number of hydrogen-bond donors (Lipinski definition) is 2. The molecule has 1 saturated heterocycles. The molecule has 28 heavy (non-hydrogen) atoms. The van der Waals surface area contributed by atoms with Crippen molar-refractivity contribution >= 4 is 17.4 Å². The third-order valence-electron chi connectivity index (χ3n) is 4.51. The van der Waals surface area contributed by atoms with Crippen LogP contribution in [0.1, 0.15) is 10.4 Å². The van der Waals surface area contributed by atoms with Crippen LogP contribution in [0.15, 0.2) is 36.5 Å². The number of benzene rings is 1. The van der Waals surface area contributed by atoms with Crippen LogP contribution in [0.2, 0.25) is 0 Å². The number of nitrogens with one attached hydrogen (secondary N) is 2. The van der Waals surface area contributed by atoms with E-state index < -0.39 is 0 Å². The van der Waals surface area contributed by atoms with Gasteiger partial charge in [0.1, 0.15) is 17.3 Å². The fourth-order valence-corrected chi connectivity index (χ4v) is 2.91. The van der Waals surface area contributed by atoms with Gasteiger partial charge in [0.25, 0.3) is 5.91 Å². The number of anilines is 2. The lowest BCUT2D eigenvalue weighted by Crippen LogP contribution is -2.41. The molecular formula is C20H26N4O4. The molecular weight excluding hydrogens is 360 g/mol. The van der Waals surface area contributed by atoms with Crippen molar-refractivity contribution in [2.24, 2.45) is 0 Å². The van der Waals surface area contributed by atoms with E-state index in [0.29, 0.717) is 29.4 Å². The van der Waals surface area contributed by atoms with Gasteiger partial charge in [-0.2, -0.15) is 0 Å². The van der Waals surface area contributed by atoms with Gasteiger partial charge >= 0.3 is 0 Å². The standard InChI is InChI=1S/C20H26N4O4/c1-26-16-4-5-18(27-2)17(13-16)23-19-6-3-15(14-22-19)20(25)21-7-8-24-9-11-28-12-10-24/h3-6,13-14H,7-12H2,1-2H3,(H,21,25)(H,22,23). The molecule has 0 spiro atoms. The molecule has 2 aromatic rings. The minimum atomic E-state index is -0.133. The molecule has 3 rings (SSSR count). The van der Waals surface area contributed by atoms with E-state index in [4.69, 9.17) is 14.2 Å². The Morgan fingerprint density at radius 3 is 2.68 bits per heavy atom. The number of carbonyl (C=O) groups excluding carboxylic acids is 1. The molecule has 0 saturated carbocycles. The Labute approximate surface area is 164 Å². The highest BCUT2D eigenvalue weighted by Gasteiger charge is 2.12. The van der Waals surface area contributed by atoms with E-state index in [-0.39, 0.29) is 5.91 Å². The van der Waals surface area contributed by atoms with Gasteiger partial charge in [-0.3, -0.25) is 9.69 Å². The van der Waals surface area contributed by atoms with E-state index in [0.717, 1.165) is 38.5 Å². The van der Waals surface area contributed by atoms with Gasteiger partial charge in [-0.05, 0) is 24.3 Å². The molecule has 2 N–H and O–H groups in total. The fourth-order valence-electron chi connectivity index (χ4n) is 2.91. The van der Waals surface area contributed by atoms with Gasteiger partial charge in [0.05, 0.1) is 38.7 Å². The summed E-state index contributed by atoms with van der Waals surface area (Å²) in [7, 11) is 3.21. The molecule has 1 aliphatic heterocycles. The van der Waals surface area contributed by atoms with Crippen molar-refractivity contribution in [3.63, 3.8) is 0 Å². The average molecular weight is 386 g/mol. The number of aromatic nitrogens is 1. The van der Waals surface area contributed by atoms with Crippen molar-refractivity contribution in [3.05, 3.63) is 42.1 Å². The van der Waals surface area contributed by atoms with E-state index in [1.807, 2.05) is 18.2 Å². The Morgan fingerprint density at radius 1 is 1.18 bits per heavy atom. The Kier molecular flexibility index (Phi) is 7.05. The van der Waals surface area contributed by atoms with Gasteiger partial charge < -0.3 is 24.8 Å². The van der Waals surface area contributed by atoms with Crippen molar-refractivity contribution in [1.82, 2.24) is 15.2 Å². The number of hydrogen-bond acceptors (Lipinski definition) is 7. The molecule has 0 bridgehead atoms. The zero-order valence-electron chi connectivity index (χ0n) is 16.2. The number of methoxy groups -OCH3 is 2. The molecule has 1 aromatic heterocycles. The Morgan fingerprint density at radius 2 is 2.00 bits per heavy atom. The van der Waals surface area contributed by atoms with Gasteiger partial charge in [0.15, 0.2) is 0 Å². The third kappa shape index (κ3) is 5.34. The Bertz CT molecular complexity index is 776. The van der Waals surface area contributed by atoms with E-state index >= 15 is 0 Å². The van der Waals surface area contributed by atoms with Crippen LogP contribution in [-0.4, -0.2) is 69.4 Å². The van der Waals surface area contributed by atoms with Crippen LogP contribution in [0.4, 0.5) is 11.5 Å². The van der Waals surface area contributed by atoms with Gasteiger partial charge in [0.2, 0.25) is 0 Å². The lowest BCUT2D eigenvalue weighted by molar-refractivity contribution is 0.0383. The number of carbonyl (C=O) groups is 1. The molecule has 8 heteroatoms. The van der Waals surface area contributed by atoms with Crippen molar-refractivity contribution in [3.8, 4) is 11.5 Å². The van der Waals surface area contributed by atoms with Crippen LogP contribution in [0.25, 0.3) is 0 Å². The first-order valence-electron chi connectivity index (χ1n) is 9.23. The summed E-state index contributed by atoms with van der Waals surface area (Å²) in [5, 5.41) is 6.11. The highest BCUT2D eigenvalue weighted by atomic mass is 16.5. The zero-order valence-corrected chi connectivity index (χ0v) is 16.2. The number of ether oxygens (including phenoxy) is 3. The number of nitrogens with zero attached hydrogens (tertiary/aromatic N) is 2. The second-order valence-corrected chi connectivity index (χ2v) is 6.33. The molecule has 2 heterocycles. The summed E-state index contributed by atoms with van der Waals surface area (Å²) < 4.78 is 15.9. The molecule has 0 unspecified atom stereocenters. The number of pyridine rings is 1. The summed E-state index contributed by atoms with van der Waals surface area (Å²) in [4.78, 5) is 18.9.